The number of likely N-dealkylation sites (N-methyl/N-ethyl adjacent to an activating group) is 1. The molecule has 0 atom stereocenters. The minimum Gasteiger partial charge on any atom is -0.341 e. The van der Waals surface area contributed by atoms with E-state index in [4.69, 9.17) is 5.73 Å². The van der Waals surface area contributed by atoms with Crippen molar-refractivity contribution in [2.75, 3.05) is 20.1 Å². The maximum atomic E-state index is 12.5. The number of carbonyl (C=O) groups excluding carboxylic acids is 1. The summed E-state index contributed by atoms with van der Waals surface area (Å²) in [6.45, 7) is 1.19. The molecule has 0 radical (unpaired) electrons. The lowest BCUT2D eigenvalue weighted by Crippen LogP contribution is -2.30. The Hall–Kier alpha value is -2.20. The van der Waals surface area contributed by atoms with Gasteiger partial charge in [0.2, 0.25) is 0 Å². The van der Waals surface area contributed by atoms with Crippen LogP contribution in [0.3, 0.4) is 0 Å². The van der Waals surface area contributed by atoms with Crippen molar-refractivity contribution in [1.29, 1.82) is 0 Å². The Labute approximate surface area is 125 Å². The number of hydrogen-bond acceptors (Lipinski definition) is 3. The molecule has 2 N–H and O–H groups in total. The second-order valence-electron chi connectivity index (χ2n) is 4.99. The van der Waals surface area contributed by atoms with E-state index in [-0.39, 0.29) is 5.91 Å². The van der Waals surface area contributed by atoms with Gasteiger partial charge in [-0.1, -0.05) is 24.3 Å². The molecule has 0 aliphatic carbocycles. The highest BCUT2D eigenvalue weighted by atomic mass is 16.2. The van der Waals surface area contributed by atoms with E-state index >= 15 is 0 Å². The van der Waals surface area contributed by atoms with Gasteiger partial charge in [-0.3, -0.25) is 9.78 Å². The largest absolute Gasteiger partial charge is 0.341 e. The molecule has 0 aliphatic rings. The van der Waals surface area contributed by atoms with Crippen LogP contribution in [-0.4, -0.2) is 35.9 Å². The number of benzene rings is 1. The van der Waals surface area contributed by atoms with Crippen molar-refractivity contribution in [3.8, 4) is 0 Å². The minimum atomic E-state index is 0.0370. The van der Waals surface area contributed by atoms with Gasteiger partial charge in [0.05, 0.1) is 0 Å². The number of nitrogens with two attached hydrogens (primary N) is 1. The highest BCUT2D eigenvalue weighted by Crippen LogP contribution is 2.12. The molecule has 1 amide bonds. The molecule has 110 valence electrons. The Morgan fingerprint density at radius 2 is 1.90 bits per heavy atom. The molecule has 1 heterocycles. The SMILES string of the molecule is CN(CCc1ccccn1)C(=O)c1ccccc1CCN. The summed E-state index contributed by atoms with van der Waals surface area (Å²) in [6.07, 6.45) is 3.24. The van der Waals surface area contributed by atoms with E-state index in [1.165, 1.54) is 0 Å². The van der Waals surface area contributed by atoms with Gasteiger partial charge in [0.25, 0.3) is 5.91 Å². The molecule has 2 rings (SSSR count). The van der Waals surface area contributed by atoms with Crippen molar-refractivity contribution >= 4 is 5.91 Å². The number of carbonyl (C=O) groups is 1. The lowest BCUT2D eigenvalue weighted by molar-refractivity contribution is 0.0795. The molecule has 0 saturated carbocycles. The Kier molecular flexibility index (Phi) is 5.46. The third-order valence-corrected chi connectivity index (χ3v) is 3.44. The van der Waals surface area contributed by atoms with Gasteiger partial charge in [-0.25, -0.2) is 0 Å². The molecule has 1 aromatic carbocycles. The Balaban J connectivity index is 2.02. The van der Waals surface area contributed by atoms with Crippen LogP contribution in [0.1, 0.15) is 21.6 Å². The van der Waals surface area contributed by atoms with Gasteiger partial charge in [0.1, 0.15) is 0 Å². The topological polar surface area (TPSA) is 59.2 Å². The zero-order valence-corrected chi connectivity index (χ0v) is 12.3. The van der Waals surface area contributed by atoms with Gasteiger partial charge in [-0.15, -0.1) is 0 Å². The zero-order chi connectivity index (χ0) is 15.1. The van der Waals surface area contributed by atoms with Gasteiger partial charge >= 0.3 is 0 Å². The fourth-order valence-electron chi connectivity index (χ4n) is 2.24. The number of hydrogen-bond donors (Lipinski definition) is 1. The van der Waals surface area contributed by atoms with Gasteiger partial charge in [-0.05, 0) is 36.7 Å². The molecule has 0 saturated heterocycles. The smallest absolute Gasteiger partial charge is 0.253 e. The highest BCUT2D eigenvalue weighted by molar-refractivity contribution is 5.95. The molecular formula is C17H21N3O. The molecule has 1 aromatic heterocycles. The fraction of sp³-hybridized carbons (Fsp3) is 0.294. The summed E-state index contributed by atoms with van der Waals surface area (Å²) >= 11 is 0. The summed E-state index contributed by atoms with van der Waals surface area (Å²) < 4.78 is 0. The minimum absolute atomic E-state index is 0.0370. The van der Waals surface area contributed by atoms with Crippen LogP contribution in [0.25, 0.3) is 0 Å². The van der Waals surface area contributed by atoms with Crippen LogP contribution >= 0.6 is 0 Å². The standard InChI is InChI=1S/C17H21N3O/c1-20(13-10-15-7-4-5-12-19-15)17(21)16-8-3-2-6-14(16)9-11-18/h2-8,12H,9-11,13,18H2,1H3. The third kappa shape index (κ3) is 4.13. The van der Waals surface area contributed by atoms with Crippen LogP contribution < -0.4 is 5.73 Å². The van der Waals surface area contributed by atoms with Crippen molar-refractivity contribution in [2.24, 2.45) is 5.73 Å². The van der Waals surface area contributed by atoms with E-state index in [0.717, 1.165) is 29.7 Å². The fourth-order valence-corrected chi connectivity index (χ4v) is 2.24. The van der Waals surface area contributed by atoms with E-state index in [2.05, 4.69) is 4.98 Å². The molecule has 4 heteroatoms. The first-order valence-corrected chi connectivity index (χ1v) is 7.15. The van der Waals surface area contributed by atoms with E-state index in [9.17, 15) is 4.79 Å². The first kappa shape index (κ1) is 15.2. The maximum Gasteiger partial charge on any atom is 0.253 e. The summed E-state index contributed by atoms with van der Waals surface area (Å²) in [5.41, 5.74) is 8.35. The van der Waals surface area contributed by atoms with Crippen LogP contribution in [-0.2, 0) is 12.8 Å². The Morgan fingerprint density at radius 3 is 2.62 bits per heavy atom. The number of rotatable bonds is 6. The van der Waals surface area contributed by atoms with Crippen LogP contribution in [0.15, 0.2) is 48.7 Å². The average Bonchev–Trinajstić information content (AvgIpc) is 2.54. The quantitative estimate of drug-likeness (QED) is 0.881. The maximum absolute atomic E-state index is 12.5. The number of nitrogens with zero attached hydrogens (tertiary/aromatic N) is 2. The number of aromatic nitrogens is 1. The van der Waals surface area contributed by atoms with E-state index in [1.54, 1.807) is 11.1 Å². The molecule has 4 nitrogen and oxygen atoms in total. The number of amides is 1. The second-order valence-corrected chi connectivity index (χ2v) is 4.99. The van der Waals surface area contributed by atoms with Crippen molar-refractivity contribution in [2.45, 2.75) is 12.8 Å². The van der Waals surface area contributed by atoms with Gasteiger partial charge < -0.3 is 10.6 Å². The van der Waals surface area contributed by atoms with Crippen LogP contribution in [0.2, 0.25) is 0 Å². The average molecular weight is 283 g/mol. The van der Waals surface area contributed by atoms with Crippen molar-refractivity contribution in [3.05, 3.63) is 65.5 Å². The van der Waals surface area contributed by atoms with Crippen LogP contribution in [0, 0.1) is 0 Å². The first-order chi connectivity index (χ1) is 10.2. The van der Waals surface area contributed by atoms with Crippen molar-refractivity contribution < 1.29 is 4.79 Å². The zero-order valence-electron chi connectivity index (χ0n) is 12.3. The lowest BCUT2D eigenvalue weighted by atomic mass is 10.0. The summed E-state index contributed by atoms with van der Waals surface area (Å²) in [5.74, 6) is 0.0370. The molecule has 0 bridgehead atoms. The highest BCUT2D eigenvalue weighted by Gasteiger charge is 2.14. The monoisotopic (exact) mass is 283 g/mol. The predicted octanol–water partition coefficient (Wildman–Crippen LogP) is 1.90. The lowest BCUT2D eigenvalue weighted by Gasteiger charge is -2.18. The van der Waals surface area contributed by atoms with Crippen LogP contribution in [0.4, 0.5) is 0 Å². The molecule has 2 aromatic rings. The third-order valence-electron chi connectivity index (χ3n) is 3.44. The summed E-state index contributed by atoms with van der Waals surface area (Å²) in [6, 6.07) is 13.5. The normalized spacial score (nSPS) is 10.4. The van der Waals surface area contributed by atoms with Gasteiger partial charge in [0, 0.05) is 37.5 Å². The van der Waals surface area contributed by atoms with E-state index < -0.39 is 0 Å². The second kappa shape index (κ2) is 7.55. The van der Waals surface area contributed by atoms with Crippen molar-refractivity contribution in [3.63, 3.8) is 0 Å². The molecular weight excluding hydrogens is 262 g/mol. The Bertz CT molecular complexity index is 584. The van der Waals surface area contributed by atoms with E-state index in [1.807, 2.05) is 49.5 Å². The van der Waals surface area contributed by atoms with Crippen LogP contribution in [0.5, 0.6) is 0 Å². The van der Waals surface area contributed by atoms with Gasteiger partial charge in [0.15, 0.2) is 0 Å². The van der Waals surface area contributed by atoms with Gasteiger partial charge in [-0.2, -0.15) is 0 Å². The molecule has 0 unspecified atom stereocenters. The van der Waals surface area contributed by atoms with E-state index in [0.29, 0.717) is 13.1 Å². The molecule has 21 heavy (non-hydrogen) atoms. The Morgan fingerprint density at radius 1 is 1.14 bits per heavy atom. The van der Waals surface area contributed by atoms with Crippen molar-refractivity contribution in [1.82, 2.24) is 9.88 Å². The summed E-state index contributed by atoms with van der Waals surface area (Å²) in [7, 11) is 1.82. The summed E-state index contributed by atoms with van der Waals surface area (Å²) in [4.78, 5) is 18.5. The first-order valence-electron chi connectivity index (χ1n) is 7.15. The summed E-state index contributed by atoms with van der Waals surface area (Å²) in [5, 5.41) is 0. The molecule has 0 aliphatic heterocycles. The molecule has 0 fully saturated rings. The number of pyridine rings is 1. The molecule has 0 spiro atoms. The predicted molar refractivity (Wildman–Crippen MR) is 84.1 cm³/mol.